The van der Waals surface area contributed by atoms with Crippen LogP contribution in [0.5, 0.6) is 5.75 Å². The third kappa shape index (κ3) is 4.70. The maximum atomic E-state index is 13.3. The molecule has 0 spiro atoms. The zero-order chi connectivity index (χ0) is 25.1. The maximum Gasteiger partial charge on any atom is 0.295 e. The number of aliphatic hydroxyl groups is 1. The molecule has 4 rings (SSSR count). The fraction of sp³-hybridized carbons (Fsp3) is 0.296. The lowest BCUT2D eigenvalue weighted by atomic mass is 9.96. The number of carbonyl (C=O) groups is 2. The number of Topliss-reactive ketones (excluding diaryl/α,β-unsaturated/α-hetero) is 1. The molecule has 0 unspecified atom stereocenters. The lowest BCUT2D eigenvalue weighted by Gasteiger charge is -2.26. The summed E-state index contributed by atoms with van der Waals surface area (Å²) >= 11 is 0. The van der Waals surface area contributed by atoms with Gasteiger partial charge < -0.3 is 19.6 Å². The van der Waals surface area contributed by atoms with Gasteiger partial charge in [0, 0.05) is 12.7 Å². The zero-order valence-corrected chi connectivity index (χ0v) is 20.3. The summed E-state index contributed by atoms with van der Waals surface area (Å²) in [4.78, 5) is 34.6. The van der Waals surface area contributed by atoms with Crippen molar-refractivity contribution >= 4 is 23.1 Å². The van der Waals surface area contributed by atoms with E-state index in [0.29, 0.717) is 47.9 Å². The summed E-state index contributed by atoms with van der Waals surface area (Å²) in [6.45, 7) is 6.94. The SMILES string of the molecule is C=CCOc1ccc([C@H]2/C(=C(\O)c3c(C)nc4ccccn34)C(=O)C(=O)N2CCCN(C)C)cc1. The first kappa shape index (κ1) is 24.2. The number of rotatable bonds is 9. The Kier molecular flexibility index (Phi) is 7.02. The molecule has 1 fully saturated rings. The van der Waals surface area contributed by atoms with Crippen LogP contribution in [0.15, 0.2) is 66.9 Å². The fourth-order valence-electron chi connectivity index (χ4n) is 4.44. The summed E-state index contributed by atoms with van der Waals surface area (Å²) in [5, 5.41) is 11.5. The highest BCUT2D eigenvalue weighted by Gasteiger charge is 2.46. The molecule has 1 saturated heterocycles. The van der Waals surface area contributed by atoms with E-state index in [0.717, 1.165) is 6.54 Å². The van der Waals surface area contributed by atoms with E-state index in [-0.39, 0.29) is 11.3 Å². The molecule has 0 aliphatic carbocycles. The van der Waals surface area contributed by atoms with Crippen LogP contribution in [0.3, 0.4) is 0 Å². The van der Waals surface area contributed by atoms with Crippen molar-refractivity contribution in [1.29, 1.82) is 0 Å². The topological polar surface area (TPSA) is 87.4 Å². The Morgan fingerprint density at radius 2 is 1.94 bits per heavy atom. The standard InChI is InChI=1S/C27H30N4O4/c1-5-17-35-20-12-10-19(11-13-20)24-22(26(33)27(34)31(24)16-8-14-29(3)4)25(32)23-18(2)28-21-9-6-7-15-30(21)23/h5-7,9-13,15,24,32H,1,8,14,16-17H2,2-4H3/b25-22+/t24-/m0/s1. The second-order valence-electron chi connectivity index (χ2n) is 8.79. The second-order valence-corrected chi connectivity index (χ2v) is 8.79. The first-order valence-electron chi connectivity index (χ1n) is 11.5. The van der Waals surface area contributed by atoms with Gasteiger partial charge in [-0.3, -0.25) is 14.0 Å². The molecule has 3 aromatic rings. The summed E-state index contributed by atoms with van der Waals surface area (Å²) in [5.74, 6) is -0.897. The van der Waals surface area contributed by atoms with E-state index in [9.17, 15) is 14.7 Å². The van der Waals surface area contributed by atoms with Crippen LogP contribution in [0.25, 0.3) is 11.4 Å². The minimum absolute atomic E-state index is 0.0633. The van der Waals surface area contributed by atoms with Crippen LogP contribution < -0.4 is 4.74 Å². The van der Waals surface area contributed by atoms with Crippen molar-refractivity contribution in [3.05, 3.63) is 83.8 Å². The van der Waals surface area contributed by atoms with Gasteiger partial charge in [-0.15, -0.1) is 0 Å². The van der Waals surface area contributed by atoms with Crippen molar-refractivity contribution in [2.45, 2.75) is 19.4 Å². The van der Waals surface area contributed by atoms with Gasteiger partial charge in [-0.25, -0.2) is 4.98 Å². The maximum absolute atomic E-state index is 13.3. The molecule has 1 N–H and O–H groups in total. The average Bonchev–Trinajstić information content (AvgIpc) is 3.31. The molecule has 1 aliphatic rings. The van der Waals surface area contributed by atoms with E-state index in [2.05, 4.69) is 11.6 Å². The number of amides is 1. The number of nitrogens with zero attached hydrogens (tertiary/aromatic N) is 4. The lowest BCUT2D eigenvalue weighted by Crippen LogP contribution is -2.32. The predicted octanol–water partition coefficient (Wildman–Crippen LogP) is 3.58. The molecule has 1 atom stereocenters. The van der Waals surface area contributed by atoms with Crippen molar-refractivity contribution in [3.8, 4) is 5.75 Å². The number of likely N-dealkylation sites (tertiary alicyclic amines) is 1. The van der Waals surface area contributed by atoms with Crippen LogP contribution in [0.1, 0.15) is 29.4 Å². The predicted molar refractivity (Wildman–Crippen MR) is 134 cm³/mol. The Balaban J connectivity index is 1.83. The molecule has 182 valence electrons. The number of carbonyl (C=O) groups excluding carboxylic acids is 2. The van der Waals surface area contributed by atoms with Gasteiger partial charge in [-0.1, -0.05) is 30.9 Å². The molecular weight excluding hydrogens is 444 g/mol. The minimum Gasteiger partial charge on any atom is -0.505 e. The van der Waals surface area contributed by atoms with Crippen LogP contribution in [-0.4, -0.2) is 69.8 Å². The summed E-state index contributed by atoms with van der Waals surface area (Å²) in [7, 11) is 3.92. The van der Waals surface area contributed by atoms with Crippen LogP contribution in [0.2, 0.25) is 0 Å². The third-order valence-corrected chi connectivity index (χ3v) is 6.04. The van der Waals surface area contributed by atoms with Crippen LogP contribution in [0.4, 0.5) is 0 Å². The number of pyridine rings is 1. The molecule has 8 nitrogen and oxygen atoms in total. The molecule has 2 aromatic heterocycles. The molecule has 8 heteroatoms. The number of benzene rings is 1. The number of aryl methyl sites for hydroxylation is 1. The molecule has 0 bridgehead atoms. The van der Waals surface area contributed by atoms with Gasteiger partial charge in [0.15, 0.2) is 5.76 Å². The highest BCUT2D eigenvalue weighted by atomic mass is 16.5. The van der Waals surface area contributed by atoms with Gasteiger partial charge in [0.25, 0.3) is 11.7 Å². The second kappa shape index (κ2) is 10.1. The molecule has 3 heterocycles. The highest BCUT2D eigenvalue weighted by molar-refractivity contribution is 6.46. The summed E-state index contributed by atoms with van der Waals surface area (Å²) in [6.07, 6.45) is 4.12. The molecular formula is C27H30N4O4. The van der Waals surface area contributed by atoms with Gasteiger partial charge >= 0.3 is 0 Å². The number of aliphatic hydroxyl groups excluding tert-OH is 1. The Hall–Kier alpha value is -3.91. The Labute approximate surface area is 204 Å². The minimum atomic E-state index is -0.723. The first-order chi connectivity index (χ1) is 16.8. The van der Waals surface area contributed by atoms with Crippen molar-refractivity contribution in [3.63, 3.8) is 0 Å². The first-order valence-corrected chi connectivity index (χ1v) is 11.5. The van der Waals surface area contributed by atoms with E-state index < -0.39 is 17.7 Å². The zero-order valence-electron chi connectivity index (χ0n) is 20.3. The number of ketones is 1. The Morgan fingerprint density at radius 3 is 2.63 bits per heavy atom. The van der Waals surface area contributed by atoms with E-state index >= 15 is 0 Å². The highest BCUT2D eigenvalue weighted by Crippen LogP contribution is 2.40. The van der Waals surface area contributed by atoms with Gasteiger partial charge in [0.05, 0.1) is 17.3 Å². The monoisotopic (exact) mass is 474 g/mol. The lowest BCUT2D eigenvalue weighted by molar-refractivity contribution is -0.139. The van der Waals surface area contributed by atoms with Gasteiger partial charge in [0.2, 0.25) is 0 Å². The van der Waals surface area contributed by atoms with E-state index in [1.807, 2.05) is 49.3 Å². The van der Waals surface area contributed by atoms with Crippen molar-refractivity contribution in [2.75, 3.05) is 33.8 Å². The number of ether oxygens (including phenoxy) is 1. The normalized spacial score (nSPS) is 17.5. The van der Waals surface area contributed by atoms with Crippen molar-refractivity contribution in [1.82, 2.24) is 19.2 Å². The molecule has 0 radical (unpaired) electrons. The van der Waals surface area contributed by atoms with Gasteiger partial charge in [-0.2, -0.15) is 0 Å². The Bertz CT molecular complexity index is 1290. The summed E-state index contributed by atoms with van der Waals surface area (Å²) < 4.78 is 7.32. The number of fused-ring (bicyclic) bond motifs is 1. The van der Waals surface area contributed by atoms with Crippen LogP contribution in [-0.2, 0) is 9.59 Å². The van der Waals surface area contributed by atoms with Crippen LogP contribution in [0, 0.1) is 6.92 Å². The Morgan fingerprint density at radius 1 is 1.20 bits per heavy atom. The molecule has 1 amide bonds. The average molecular weight is 475 g/mol. The largest absolute Gasteiger partial charge is 0.505 e. The van der Waals surface area contributed by atoms with E-state index in [1.165, 1.54) is 0 Å². The summed E-state index contributed by atoms with van der Waals surface area (Å²) in [6, 6.07) is 12.0. The quantitative estimate of drug-likeness (QED) is 0.221. The van der Waals surface area contributed by atoms with E-state index in [4.69, 9.17) is 4.74 Å². The van der Waals surface area contributed by atoms with Crippen molar-refractivity contribution < 1.29 is 19.4 Å². The number of aromatic nitrogens is 2. The number of hydrogen-bond donors (Lipinski definition) is 1. The summed E-state index contributed by atoms with van der Waals surface area (Å²) in [5.41, 5.74) is 2.40. The van der Waals surface area contributed by atoms with Gasteiger partial charge in [0.1, 0.15) is 23.7 Å². The van der Waals surface area contributed by atoms with E-state index in [1.54, 1.807) is 40.6 Å². The fourth-order valence-corrected chi connectivity index (χ4v) is 4.44. The molecule has 1 aromatic carbocycles. The molecule has 35 heavy (non-hydrogen) atoms. The number of imidazole rings is 1. The van der Waals surface area contributed by atoms with Crippen LogP contribution >= 0.6 is 0 Å². The number of hydrogen-bond acceptors (Lipinski definition) is 6. The third-order valence-electron chi connectivity index (χ3n) is 6.04. The smallest absolute Gasteiger partial charge is 0.295 e. The van der Waals surface area contributed by atoms with Gasteiger partial charge in [-0.05, 0) is 63.8 Å². The van der Waals surface area contributed by atoms with Crippen molar-refractivity contribution in [2.24, 2.45) is 0 Å². The molecule has 1 aliphatic heterocycles. The molecule has 0 saturated carbocycles.